The fourth-order valence-electron chi connectivity index (χ4n) is 2.91. The topological polar surface area (TPSA) is 79.5 Å². The predicted octanol–water partition coefficient (Wildman–Crippen LogP) is 2.54. The maximum absolute atomic E-state index is 9.74. The summed E-state index contributed by atoms with van der Waals surface area (Å²) in [7, 11) is 1.65. The highest BCUT2D eigenvalue weighted by Gasteiger charge is 2.15. The fraction of sp³-hybridized carbons (Fsp3) is 0.350. The molecule has 0 saturated carbocycles. The van der Waals surface area contributed by atoms with E-state index in [2.05, 4.69) is 21.6 Å². The third-order valence-electron chi connectivity index (χ3n) is 4.27. The minimum atomic E-state index is 0.156. The van der Waals surface area contributed by atoms with Gasteiger partial charge in [0.2, 0.25) is 0 Å². The summed E-state index contributed by atoms with van der Waals surface area (Å²) in [4.78, 5) is 15.6. The zero-order chi connectivity index (χ0) is 19.1. The number of phenols is 1. The number of morpholine rings is 1. The number of aliphatic imine (C=N–C) groups is 2. The van der Waals surface area contributed by atoms with Gasteiger partial charge < -0.3 is 14.6 Å². The zero-order valence-corrected chi connectivity index (χ0v) is 15.5. The van der Waals surface area contributed by atoms with Crippen LogP contribution in [-0.2, 0) is 22.6 Å². The van der Waals surface area contributed by atoms with Crippen LogP contribution in [0.15, 0.2) is 46.5 Å². The molecule has 7 nitrogen and oxygen atoms in total. The highest BCUT2D eigenvalue weighted by Crippen LogP contribution is 2.24. The predicted molar refractivity (Wildman–Crippen MR) is 105 cm³/mol. The number of hydrogen-bond donors (Lipinski definition) is 1. The standard InChI is InChI=1S/C20H24N4O3/c1-21-20(16-4-3-5-17(25)11-16)23-18-10-15(14-26-2)12-22-19(18)13-24-6-8-27-9-7-24/h3-5,10-12,25H,1,6-9,13-14H2,2H3/b23-20-. The van der Waals surface area contributed by atoms with Crippen molar-refractivity contribution in [2.75, 3.05) is 33.4 Å². The van der Waals surface area contributed by atoms with Crippen LogP contribution in [0.25, 0.3) is 0 Å². The second-order valence-electron chi connectivity index (χ2n) is 6.27. The summed E-state index contributed by atoms with van der Waals surface area (Å²) in [5.74, 6) is 0.592. The van der Waals surface area contributed by atoms with E-state index in [0.717, 1.165) is 43.2 Å². The molecule has 27 heavy (non-hydrogen) atoms. The molecule has 2 heterocycles. The van der Waals surface area contributed by atoms with Gasteiger partial charge in [0.15, 0.2) is 5.84 Å². The molecule has 0 unspecified atom stereocenters. The number of nitrogens with zero attached hydrogens (tertiary/aromatic N) is 4. The van der Waals surface area contributed by atoms with E-state index in [4.69, 9.17) is 14.5 Å². The van der Waals surface area contributed by atoms with Gasteiger partial charge in [-0.05, 0) is 30.5 Å². The van der Waals surface area contributed by atoms with E-state index in [1.165, 1.54) is 0 Å². The summed E-state index contributed by atoms with van der Waals surface area (Å²) in [5.41, 5.74) is 3.21. The lowest BCUT2D eigenvalue weighted by Crippen LogP contribution is -2.35. The first-order valence-electron chi connectivity index (χ1n) is 8.81. The Morgan fingerprint density at radius 1 is 1.33 bits per heavy atom. The second-order valence-corrected chi connectivity index (χ2v) is 6.27. The Morgan fingerprint density at radius 3 is 2.85 bits per heavy atom. The van der Waals surface area contributed by atoms with Crippen molar-refractivity contribution in [1.29, 1.82) is 0 Å². The molecule has 1 aliphatic heterocycles. The van der Waals surface area contributed by atoms with Gasteiger partial charge in [0.1, 0.15) is 5.75 Å². The number of phenolic OH excluding ortho intramolecular Hbond substituents is 1. The van der Waals surface area contributed by atoms with Crippen LogP contribution in [0.3, 0.4) is 0 Å². The minimum absolute atomic E-state index is 0.156. The van der Waals surface area contributed by atoms with E-state index in [9.17, 15) is 5.11 Å². The van der Waals surface area contributed by atoms with Crippen LogP contribution in [0, 0.1) is 0 Å². The molecule has 0 bridgehead atoms. The Balaban J connectivity index is 1.96. The number of pyridine rings is 1. The lowest BCUT2D eigenvalue weighted by atomic mass is 10.1. The van der Waals surface area contributed by atoms with E-state index in [1.54, 1.807) is 25.3 Å². The Morgan fingerprint density at radius 2 is 2.15 bits per heavy atom. The summed E-state index contributed by atoms with van der Waals surface area (Å²) in [5, 5.41) is 9.74. The van der Waals surface area contributed by atoms with E-state index in [-0.39, 0.29) is 5.75 Å². The maximum Gasteiger partial charge on any atom is 0.159 e. The Labute approximate surface area is 159 Å². The molecule has 0 amide bonds. The van der Waals surface area contributed by atoms with Crippen molar-refractivity contribution >= 4 is 18.2 Å². The molecule has 0 spiro atoms. The highest BCUT2D eigenvalue weighted by atomic mass is 16.5. The molecule has 7 heteroatoms. The summed E-state index contributed by atoms with van der Waals surface area (Å²) < 4.78 is 10.6. The van der Waals surface area contributed by atoms with Gasteiger partial charge in [0, 0.05) is 38.5 Å². The fourth-order valence-corrected chi connectivity index (χ4v) is 2.91. The molecule has 0 radical (unpaired) electrons. The number of amidine groups is 1. The summed E-state index contributed by atoms with van der Waals surface area (Å²) in [6, 6.07) is 8.76. The number of aromatic hydroxyl groups is 1. The van der Waals surface area contributed by atoms with E-state index in [1.807, 2.05) is 18.3 Å². The van der Waals surface area contributed by atoms with Crippen LogP contribution in [0.4, 0.5) is 5.69 Å². The van der Waals surface area contributed by atoms with Gasteiger partial charge in [-0.2, -0.15) is 0 Å². The van der Waals surface area contributed by atoms with Crippen molar-refractivity contribution in [1.82, 2.24) is 9.88 Å². The molecule has 1 aliphatic rings. The number of benzene rings is 1. The lowest BCUT2D eigenvalue weighted by Gasteiger charge is -2.26. The van der Waals surface area contributed by atoms with Crippen molar-refractivity contribution in [2.45, 2.75) is 13.2 Å². The first kappa shape index (κ1) is 19.2. The molecule has 142 valence electrons. The normalized spacial score (nSPS) is 15.7. The maximum atomic E-state index is 9.74. The van der Waals surface area contributed by atoms with Gasteiger partial charge in [-0.15, -0.1) is 0 Å². The van der Waals surface area contributed by atoms with Crippen molar-refractivity contribution in [3.05, 3.63) is 53.3 Å². The molecular formula is C20H24N4O3. The van der Waals surface area contributed by atoms with Crippen LogP contribution in [0.1, 0.15) is 16.8 Å². The van der Waals surface area contributed by atoms with E-state index < -0.39 is 0 Å². The van der Waals surface area contributed by atoms with E-state index >= 15 is 0 Å². The number of methoxy groups -OCH3 is 1. The lowest BCUT2D eigenvalue weighted by molar-refractivity contribution is 0.0337. The summed E-state index contributed by atoms with van der Waals surface area (Å²) >= 11 is 0. The first-order valence-corrected chi connectivity index (χ1v) is 8.81. The third kappa shape index (κ3) is 5.19. The number of hydrogen-bond acceptors (Lipinski definition) is 6. The van der Waals surface area contributed by atoms with Crippen molar-refractivity contribution < 1.29 is 14.6 Å². The molecule has 0 aliphatic carbocycles. The zero-order valence-electron chi connectivity index (χ0n) is 15.5. The largest absolute Gasteiger partial charge is 0.508 e. The van der Waals surface area contributed by atoms with E-state index in [0.29, 0.717) is 24.6 Å². The molecule has 1 fully saturated rings. The third-order valence-corrected chi connectivity index (χ3v) is 4.27. The molecule has 1 aromatic carbocycles. The van der Waals surface area contributed by atoms with Gasteiger partial charge in [-0.1, -0.05) is 12.1 Å². The molecule has 2 aromatic rings. The second kappa shape index (κ2) is 9.36. The highest BCUT2D eigenvalue weighted by molar-refractivity contribution is 6.03. The molecular weight excluding hydrogens is 344 g/mol. The Bertz CT molecular complexity index is 817. The van der Waals surface area contributed by atoms with Crippen LogP contribution in [0.2, 0.25) is 0 Å². The SMILES string of the molecule is C=N/C(=N\c1cc(COC)cnc1CN1CCOCC1)c1cccc(O)c1. The minimum Gasteiger partial charge on any atom is -0.508 e. The van der Waals surface area contributed by atoms with Gasteiger partial charge >= 0.3 is 0 Å². The quantitative estimate of drug-likeness (QED) is 0.626. The molecule has 1 saturated heterocycles. The first-order chi connectivity index (χ1) is 13.2. The van der Waals surface area contributed by atoms with Crippen LogP contribution in [-0.4, -0.2) is 61.0 Å². The summed E-state index contributed by atoms with van der Waals surface area (Å²) in [6.07, 6.45) is 1.81. The van der Waals surface area contributed by atoms with Crippen molar-refractivity contribution in [3.8, 4) is 5.75 Å². The number of ether oxygens (including phenoxy) is 2. The average molecular weight is 368 g/mol. The van der Waals surface area contributed by atoms with Crippen molar-refractivity contribution in [3.63, 3.8) is 0 Å². The number of rotatable bonds is 6. The monoisotopic (exact) mass is 368 g/mol. The van der Waals surface area contributed by atoms with Crippen LogP contribution < -0.4 is 0 Å². The van der Waals surface area contributed by atoms with Gasteiger partial charge in [-0.3, -0.25) is 9.88 Å². The van der Waals surface area contributed by atoms with Gasteiger partial charge in [-0.25, -0.2) is 9.98 Å². The Kier molecular flexibility index (Phi) is 6.64. The molecule has 1 N–H and O–H groups in total. The van der Waals surface area contributed by atoms with Crippen molar-refractivity contribution in [2.24, 2.45) is 9.98 Å². The number of aromatic nitrogens is 1. The van der Waals surface area contributed by atoms with Crippen LogP contribution in [0.5, 0.6) is 5.75 Å². The van der Waals surface area contributed by atoms with Gasteiger partial charge in [0.05, 0.1) is 31.2 Å². The molecule has 0 atom stereocenters. The average Bonchev–Trinajstić information content (AvgIpc) is 2.69. The smallest absolute Gasteiger partial charge is 0.159 e. The van der Waals surface area contributed by atoms with Gasteiger partial charge in [0.25, 0.3) is 0 Å². The summed E-state index contributed by atoms with van der Waals surface area (Å²) in [6.45, 7) is 7.95. The molecule has 3 rings (SSSR count). The Hall–Kier alpha value is -2.61. The molecule has 1 aromatic heterocycles. The van der Waals surface area contributed by atoms with Crippen LogP contribution >= 0.6 is 0 Å².